The number of aliphatic imine (C=N–C) groups is 2. The first-order valence-corrected chi connectivity index (χ1v) is 5.63. The monoisotopic (exact) mass is 250 g/mol. The Bertz CT molecular complexity index is 503. The molecule has 0 bridgehead atoms. The number of rotatable bonds is 4. The zero-order valence-electron chi connectivity index (χ0n) is 10.7. The first-order valence-electron chi connectivity index (χ1n) is 5.63. The van der Waals surface area contributed by atoms with Crippen LogP contribution in [0.15, 0.2) is 39.8 Å². The van der Waals surface area contributed by atoms with Crippen LogP contribution in [0.2, 0.25) is 0 Å². The summed E-state index contributed by atoms with van der Waals surface area (Å²) in [7, 11) is 1.64. The molecule has 1 aromatic carbocycles. The lowest BCUT2D eigenvalue weighted by atomic mass is 10.1. The van der Waals surface area contributed by atoms with Crippen LogP contribution >= 0.6 is 0 Å². The van der Waals surface area contributed by atoms with Gasteiger partial charge >= 0.3 is 0 Å². The molecule has 0 saturated heterocycles. The Hall–Kier alpha value is -1.84. The van der Waals surface area contributed by atoms with Crippen molar-refractivity contribution in [3.05, 3.63) is 47.0 Å². The lowest BCUT2D eigenvalue weighted by molar-refractivity contribution is 0.499. The fourth-order valence-corrected chi connectivity index (χ4v) is 1.38. The van der Waals surface area contributed by atoms with E-state index in [4.69, 9.17) is 0 Å². The molecule has 2 nitrogen and oxygen atoms in total. The molecule has 0 N–H and O–H groups in total. The van der Waals surface area contributed by atoms with E-state index in [1.807, 2.05) is 19.9 Å². The molecule has 96 valence electrons. The van der Waals surface area contributed by atoms with Gasteiger partial charge in [-0.05, 0) is 25.5 Å². The number of benzene rings is 1. The summed E-state index contributed by atoms with van der Waals surface area (Å²) in [6.45, 7) is 3.87. The average Bonchev–Trinajstić information content (AvgIpc) is 2.38. The third kappa shape index (κ3) is 3.58. The van der Waals surface area contributed by atoms with Crippen LogP contribution in [0.5, 0.6) is 0 Å². The summed E-state index contributed by atoms with van der Waals surface area (Å²) in [5.74, 6) is -1.69. The fourth-order valence-electron chi connectivity index (χ4n) is 1.38. The first kappa shape index (κ1) is 14.2. The van der Waals surface area contributed by atoms with E-state index >= 15 is 0 Å². The summed E-state index contributed by atoms with van der Waals surface area (Å²) in [6, 6.07) is 4.08. The van der Waals surface area contributed by atoms with Gasteiger partial charge in [0.15, 0.2) is 11.6 Å². The Kier molecular flexibility index (Phi) is 5.36. The van der Waals surface area contributed by atoms with Gasteiger partial charge in [-0.25, -0.2) is 8.78 Å². The standard InChI is InChI=1S/C14H16F2N2/c1-4-10(2)13(9-17-3)18-8-11-6-5-7-12(15)14(11)16/h4-7,9H,8H2,1-3H3/b10-4-,17-9?,18-13?. The number of allylic oxidation sites excluding steroid dienone is 2. The van der Waals surface area contributed by atoms with Crippen LogP contribution in [0, 0.1) is 11.6 Å². The van der Waals surface area contributed by atoms with E-state index in [1.54, 1.807) is 13.3 Å². The minimum absolute atomic E-state index is 0.0934. The van der Waals surface area contributed by atoms with Crippen LogP contribution < -0.4 is 0 Å². The minimum atomic E-state index is -0.851. The minimum Gasteiger partial charge on any atom is -0.294 e. The SMILES string of the molecule is C/C=C(/C)C(C=NC)=NCc1cccc(F)c1F. The van der Waals surface area contributed by atoms with E-state index < -0.39 is 11.6 Å². The van der Waals surface area contributed by atoms with Gasteiger partial charge in [-0.1, -0.05) is 18.2 Å². The molecule has 0 aromatic heterocycles. The van der Waals surface area contributed by atoms with Crippen molar-refractivity contribution in [1.82, 2.24) is 0 Å². The maximum absolute atomic E-state index is 13.4. The van der Waals surface area contributed by atoms with E-state index in [1.165, 1.54) is 12.1 Å². The first-order chi connectivity index (χ1) is 8.60. The van der Waals surface area contributed by atoms with Gasteiger partial charge in [0.2, 0.25) is 0 Å². The molecule has 4 heteroatoms. The van der Waals surface area contributed by atoms with Gasteiger partial charge in [0, 0.05) is 18.8 Å². The molecular formula is C14H16F2N2. The number of nitrogens with zero attached hydrogens (tertiary/aromatic N) is 2. The molecule has 0 atom stereocenters. The molecule has 1 rings (SSSR count). The Morgan fingerprint density at radius 2 is 2.06 bits per heavy atom. The van der Waals surface area contributed by atoms with Gasteiger partial charge in [-0.15, -0.1) is 0 Å². The van der Waals surface area contributed by atoms with E-state index in [0.29, 0.717) is 5.71 Å². The van der Waals surface area contributed by atoms with Crippen LogP contribution in [0.4, 0.5) is 8.78 Å². The number of hydrogen-bond donors (Lipinski definition) is 0. The van der Waals surface area contributed by atoms with Crippen molar-refractivity contribution in [1.29, 1.82) is 0 Å². The molecule has 0 fully saturated rings. The van der Waals surface area contributed by atoms with Crippen molar-refractivity contribution >= 4 is 11.9 Å². The molecule has 0 saturated carbocycles. The normalized spacial score (nSPS) is 13.4. The van der Waals surface area contributed by atoms with Gasteiger partial charge < -0.3 is 0 Å². The molecule has 1 aromatic rings. The van der Waals surface area contributed by atoms with Crippen molar-refractivity contribution in [2.75, 3.05) is 7.05 Å². The van der Waals surface area contributed by atoms with Gasteiger partial charge in [0.05, 0.1) is 12.3 Å². The highest BCUT2D eigenvalue weighted by Crippen LogP contribution is 2.12. The van der Waals surface area contributed by atoms with E-state index in [-0.39, 0.29) is 12.1 Å². The topological polar surface area (TPSA) is 24.7 Å². The molecule has 0 aliphatic carbocycles. The predicted octanol–water partition coefficient (Wildman–Crippen LogP) is 3.57. The predicted molar refractivity (Wildman–Crippen MR) is 71.3 cm³/mol. The van der Waals surface area contributed by atoms with Crippen molar-refractivity contribution in [3.8, 4) is 0 Å². The molecule has 0 unspecified atom stereocenters. The highest BCUT2D eigenvalue weighted by Gasteiger charge is 2.07. The quantitative estimate of drug-likeness (QED) is 0.730. The van der Waals surface area contributed by atoms with Crippen molar-refractivity contribution in [2.45, 2.75) is 20.4 Å². The zero-order valence-corrected chi connectivity index (χ0v) is 10.7. The van der Waals surface area contributed by atoms with Crippen molar-refractivity contribution in [2.24, 2.45) is 9.98 Å². The van der Waals surface area contributed by atoms with Crippen molar-refractivity contribution < 1.29 is 8.78 Å². The van der Waals surface area contributed by atoms with Gasteiger partial charge in [0.25, 0.3) is 0 Å². The summed E-state index contributed by atoms with van der Waals surface area (Å²) in [4.78, 5) is 8.14. The van der Waals surface area contributed by atoms with Gasteiger partial charge in [-0.3, -0.25) is 9.98 Å². The largest absolute Gasteiger partial charge is 0.294 e. The maximum atomic E-state index is 13.4. The Labute approximate surface area is 106 Å². The molecular weight excluding hydrogens is 234 g/mol. The summed E-state index contributed by atoms with van der Waals surface area (Å²) < 4.78 is 26.4. The van der Waals surface area contributed by atoms with E-state index in [9.17, 15) is 8.78 Å². The molecule has 0 aliphatic rings. The van der Waals surface area contributed by atoms with Crippen LogP contribution in [0.1, 0.15) is 19.4 Å². The molecule has 0 spiro atoms. The van der Waals surface area contributed by atoms with Crippen LogP contribution in [-0.4, -0.2) is 19.0 Å². The van der Waals surface area contributed by atoms with Crippen LogP contribution in [0.3, 0.4) is 0 Å². The zero-order chi connectivity index (χ0) is 13.5. The van der Waals surface area contributed by atoms with E-state index in [0.717, 1.165) is 11.6 Å². The molecule has 0 radical (unpaired) electrons. The second kappa shape index (κ2) is 6.79. The molecule has 0 aliphatic heterocycles. The Balaban J connectivity index is 2.99. The average molecular weight is 250 g/mol. The third-order valence-electron chi connectivity index (χ3n) is 2.54. The lowest BCUT2D eigenvalue weighted by Crippen LogP contribution is -2.03. The lowest BCUT2D eigenvalue weighted by Gasteiger charge is -2.03. The number of halogens is 2. The van der Waals surface area contributed by atoms with Crippen molar-refractivity contribution in [3.63, 3.8) is 0 Å². The van der Waals surface area contributed by atoms with Gasteiger partial charge in [-0.2, -0.15) is 0 Å². The van der Waals surface area contributed by atoms with Crippen LogP contribution in [-0.2, 0) is 6.54 Å². The summed E-state index contributed by atoms with van der Waals surface area (Å²) in [6.07, 6.45) is 3.50. The van der Waals surface area contributed by atoms with E-state index in [2.05, 4.69) is 9.98 Å². The Morgan fingerprint density at radius 1 is 1.33 bits per heavy atom. The maximum Gasteiger partial charge on any atom is 0.163 e. The summed E-state index contributed by atoms with van der Waals surface area (Å²) >= 11 is 0. The van der Waals surface area contributed by atoms with Crippen LogP contribution in [0.25, 0.3) is 0 Å². The smallest absolute Gasteiger partial charge is 0.163 e. The van der Waals surface area contributed by atoms with Gasteiger partial charge in [0.1, 0.15) is 0 Å². The molecule has 18 heavy (non-hydrogen) atoms. The second-order valence-electron chi connectivity index (χ2n) is 3.77. The summed E-state index contributed by atoms with van der Waals surface area (Å²) in [5.41, 5.74) is 1.85. The number of hydrogen-bond acceptors (Lipinski definition) is 2. The third-order valence-corrected chi connectivity index (χ3v) is 2.54. The Morgan fingerprint density at radius 3 is 2.67 bits per heavy atom. The fraction of sp³-hybridized carbons (Fsp3) is 0.286. The summed E-state index contributed by atoms with van der Waals surface area (Å²) in [5, 5.41) is 0. The molecule has 0 amide bonds. The molecule has 0 heterocycles. The highest BCUT2D eigenvalue weighted by atomic mass is 19.2. The second-order valence-corrected chi connectivity index (χ2v) is 3.77. The highest BCUT2D eigenvalue weighted by molar-refractivity contribution is 6.37.